The molecule has 118 valence electrons. The van der Waals surface area contributed by atoms with E-state index in [1.807, 2.05) is 0 Å². The highest BCUT2D eigenvalue weighted by atomic mass is 16.3. The molecule has 0 bridgehead atoms. The van der Waals surface area contributed by atoms with E-state index in [9.17, 15) is 5.11 Å². The second-order valence-electron chi connectivity index (χ2n) is 7.38. The molecule has 0 heterocycles. The highest BCUT2D eigenvalue weighted by Gasteiger charge is 2.37. The summed E-state index contributed by atoms with van der Waals surface area (Å²) < 4.78 is 0. The first kappa shape index (κ1) is 16.3. The highest BCUT2D eigenvalue weighted by molar-refractivity contribution is 4.92. The normalized spacial score (nSPS) is 33.8. The van der Waals surface area contributed by atoms with Crippen LogP contribution in [0.4, 0.5) is 0 Å². The zero-order valence-electron chi connectivity index (χ0n) is 13.5. The number of hydrogen-bond acceptors (Lipinski definition) is 3. The van der Waals surface area contributed by atoms with Crippen LogP contribution in [0.2, 0.25) is 0 Å². The Morgan fingerprint density at radius 1 is 1.25 bits per heavy atom. The first-order valence-corrected chi connectivity index (χ1v) is 8.70. The van der Waals surface area contributed by atoms with E-state index < -0.39 is 5.60 Å². The van der Waals surface area contributed by atoms with E-state index in [0.717, 1.165) is 31.8 Å². The predicted octanol–water partition coefficient (Wildman–Crippen LogP) is 2.77. The van der Waals surface area contributed by atoms with Gasteiger partial charge < -0.3 is 15.7 Å². The zero-order chi connectivity index (χ0) is 14.6. The molecular formula is C17H34N2O. The SMILES string of the molecule is CCCC1CCC(CN)C(N(C)CC2(O)CCCC2)C1. The van der Waals surface area contributed by atoms with Gasteiger partial charge in [-0.15, -0.1) is 0 Å². The van der Waals surface area contributed by atoms with Gasteiger partial charge in [0.1, 0.15) is 0 Å². The summed E-state index contributed by atoms with van der Waals surface area (Å²) in [5.74, 6) is 1.49. The van der Waals surface area contributed by atoms with Crippen molar-refractivity contribution in [1.82, 2.24) is 4.90 Å². The van der Waals surface area contributed by atoms with E-state index in [4.69, 9.17) is 5.73 Å². The molecule has 3 N–H and O–H groups in total. The first-order valence-electron chi connectivity index (χ1n) is 8.70. The molecule has 2 fully saturated rings. The van der Waals surface area contributed by atoms with Gasteiger partial charge in [-0.25, -0.2) is 0 Å². The molecule has 0 aliphatic heterocycles. The summed E-state index contributed by atoms with van der Waals surface area (Å²) in [5, 5.41) is 10.6. The summed E-state index contributed by atoms with van der Waals surface area (Å²) in [6.07, 6.45) is 10.9. The Bertz CT molecular complexity index is 289. The van der Waals surface area contributed by atoms with Crippen LogP contribution in [0.5, 0.6) is 0 Å². The third-order valence-corrected chi connectivity index (χ3v) is 5.71. The maximum atomic E-state index is 10.6. The molecule has 20 heavy (non-hydrogen) atoms. The van der Waals surface area contributed by atoms with E-state index in [-0.39, 0.29) is 0 Å². The van der Waals surface area contributed by atoms with E-state index in [0.29, 0.717) is 12.0 Å². The van der Waals surface area contributed by atoms with Crippen molar-refractivity contribution >= 4 is 0 Å². The maximum absolute atomic E-state index is 10.6. The largest absolute Gasteiger partial charge is 0.389 e. The zero-order valence-corrected chi connectivity index (χ0v) is 13.5. The van der Waals surface area contributed by atoms with E-state index >= 15 is 0 Å². The van der Waals surface area contributed by atoms with Gasteiger partial charge >= 0.3 is 0 Å². The first-order chi connectivity index (χ1) is 9.58. The number of likely N-dealkylation sites (N-methyl/N-ethyl adjacent to an activating group) is 1. The Labute approximate surface area is 124 Å². The fourth-order valence-corrected chi connectivity index (χ4v) is 4.55. The van der Waals surface area contributed by atoms with Gasteiger partial charge in [0.25, 0.3) is 0 Å². The predicted molar refractivity (Wildman–Crippen MR) is 84.6 cm³/mol. The van der Waals surface area contributed by atoms with Crippen LogP contribution in [-0.2, 0) is 0 Å². The highest BCUT2D eigenvalue weighted by Crippen LogP contribution is 2.36. The van der Waals surface area contributed by atoms with Gasteiger partial charge in [0.05, 0.1) is 5.60 Å². The number of hydrogen-bond donors (Lipinski definition) is 2. The minimum absolute atomic E-state index is 0.425. The van der Waals surface area contributed by atoms with Gasteiger partial charge in [0, 0.05) is 12.6 Å². The minimum atomic E-state index is -0.425. The molecule has 0 saturated heterocycles. The number of nitrogens with zero attached hydrogens (tertiary/aromatic N) is 1. The van der Waals surface area contributed by atoms with Crippen molar-refractivity contribution in [3.8, 4) is 0 Å². The van der Waals surface area contributed by atoms with Crippen LogP contribution in [0.15, 0.2) is 0 Å². The smallest absolute Gasteiger partial charge is 0.0774 e. The van der Waals surface area contributed by atoms with Crippen LogP contribution in [0.3, 0.4) is 0 Å². The Morgan fingerprint density at radius 3 is 2.55 bits per heavy atom. The van der Waals surface area contributed by atoms with Gasteiger partial charge in [-0.2, -0.15) is 0 Å². The quantitative estimate of drug-likeness (QED) is 0.787. The molecule has 0 spiro atoms. The van der Waals surface area contributed by atoms with Gasteiger partial charge in [-0.1, -0.05) is 39.0 Å². The molecule has 2 saturated carbocycles. The molecule has 0 radical (unpaired) electrons. The van der Waals surface area contributed by atoms with Crippen LogP contribution in [-0.4, -0.2) is 41.8 Å². The summed E-state index contributed by atoms with van der Waals surface area (Å²) in [6, 6.07) is 0.579. The van der Waals surface area contributed by atoms with Crippen LogP contribution >= 0.6 is 0 Å². The molecule has 3 unspecified atom stereocenters. The summed E-state index contributed by atoms with van der Waals surface area (Å²) >= 11 is 0. The monoisotopic (exact) mass is 282 g/mol. The molecule has 3 atom stereocenters. The van der Waals surface area contributed by atoms with Gasteiger partial charge in [-0.3, -0.25) is 0 Å². The Balaban J connectivity index is 1.94. The standard InChI is InChI=1S/C17H34N2O/c1-3-6-14-7-8-15(12-18)16(11-14)19(2)13-17(20)9-4-5-10-17/h14-16,20H,3-13,18H2,1-2H3. The lowest BCUT2D eigenvalue weighted by molar-refractivity contribution is -0.0133. The second-order valence-corrected chi connectivity index (χ2v) is 7.38. The average molecular weight is 282 g/mol. The third-order valence-electron chi connectivity index (χ3n) is 5.71. The van der Waals surface area contributed by atoms with Crippen molar-refractivity contribution < 1.29 is 5.11 Å². The lowest BCUT2D eigenvalue weighted by Gasteiger charge is -2.43. The number of rotatable bonds is 6. The van der Waals surface area contributed by atoms with Crippen LogP contribution in [0.25, 0.3) is 0 Å². The van der Waals surface area contributed by atoms with Crippen LogP contribution < -0.4 is 5.73 Å². The summed E-state index contributed by atoms with van der Waals surface area (Å²) in [4.78, 5) is 2.44. The molecule has 0 amide bonds. The fourth-order valence-electron chi connectivity index (χ4n) is 4.55. The lowest BCUT2D eigenvalue weighted by Crippen LogP contribution is -2.50. The van der Waals surface area contributed by atoms with Crippen molar-refractivity contribution in [2.75, 3.05) is 20.1 Å². The Kier molecular flexibility index (Phi) is 5.88. The summed E-state index contributed by atoms with van der Waals surface area (Å²) in [6.45, 7) is 3.92. The maximum Gasteiger partial charge on any atom is 0.0774 e. The number of aliphatic hydroxyl groups is 1. The van der Waals surface area contributed by atoms with Crippen molar-refractivity contribution in [3.05, 3.63) is 0 Å². The van der Waals surface area contributed by atoms with E-state index in [1.165, 1.54) is 44.9 Å². The minimum Gasteiger partial charge on any atom is -0.389 e. The molecule has 0 aromatic heterocycles. The summed E-state index contributed by atoms with van der Waals surface area (Å²) in [7, 11) is 2.21. The van der Waals surface area contributed by atoms with Gasteiger partial charge in [-0.05, 0) is 51.1 Å². The van der Waals surface area contributed by atoms with Crippen molar-refractivity contribution in [3.63, 3.8) is 0 Å². The summed E-state index contributed by atoms with van der Waals surface area (Å²) in [5.41, 5.74) is 5.58. The van der Waals surface area contributed by atoms with E-state index in [1.54, 1.807) is 0 Å². The fraction of sp³-hybridized carbons (Fsp3) is 1.00. The molecular weight excluding hydrogens is 248 g/mol. The molecule has 3 nitrogen and oxygen atoms in total. The van der Waals surface area contributed by atoms with Crippen LogP contribution in [0.1, 0.15) is 64.7 Å². The Morgan fingerprint density at radius 2 is 1.95 bits per heavy atom. The topological polar surface area (TPSA) is 49.5 Å². The van der Waals surface area contributed by atoms with Crippen LogP contribution in [0, 0.1) is 11.8 Å². The molecule has 0 aromatic rings. The molecule has 2 aliphatic carbocycles. The molecule has 2 rings (SSSR count). The molecule has 2 aliphatic rings. The lowest BCUT2D eigenvalue weighted by atomic mass is 9.75. The van der Waals surface area contributed by atoms with Gasteiger partial charge in [0.15, 0.2) is 0 Å². The van der Waals surface area contributed by atoms with Crippen molar-refractivity contribution in [1.29, 1.82) is 0 Å². The third kappa shape index (κ3) is 3.96. The average Bonchev–Trinajstić information content (AvgIpc) is 2.85. The number of nitrogens with two attached hydrogens (primary N) is 1. The van der Waals surface area contributed by atoms with E-state index in [2.05, 4.69) is 18.9 Å². The Hall–Kier alpha value is -0.120. The molecule has 0 aromatic carbocycles. The molecule has 3 heteroatoms. The van der Waals surface area contributed by atoms with Crippen molar-refractivity contribution in [2.45, 2.75) is 76.4 Å². The second kappa shape index (κ2) is 7.24. The van der Waals surface area contributed by atoms with Crippen molar-refractivity contribution in [2.24, 2.45) is 17.6 Å². The van der Waals surface area contributed by atoms with Gasteiger partial charge in [0.2, 0.25) is 0 Å².